The van der Waals surface area contributed by atoms with Crippen LogP contribution in [0.1, 0.15) is 34.1 Å². The summed E-state index contributed by atoms with van der Waals surface area (Å²) in [6.07, 6.45) is 0.944. The SMILES string of the molecule is [B]C(=O)CN(CC)CCN(CCN(CC)CC(=O)N(C)CCC)CC(C)=O. The number of Topliss-reactive ketones (excluding diaryl/α,β-unsaturated/α-hetero) is 1. The molecule has 0 unspecified atom stereocenters. The molecule has 0 heterocycles. The third kappa shape index (κ3) is 12.7. The van der Waals surface area contributed by atoms with Gasteiger partial charge in [0.25, 0.3) is 0 Å². The van der Waals surface area contributed by atoms with Crippen molar-refractivity contribution in [3.63, 3.8) is 0 Å². The molecule has 0 fully saturated rings. The van der Waals surface area contributed by atoms with Gasteiger partial charge in [-0.2, -0.15) is 0 Å². The van der Waals surface area contributed by atoms with Crippen molar-refractivity contribution in [3.05, 3.63) is 0 Å². The molecule has 7 nitrogen and oxygen atoms in total. The number of carbonyl (C=O) groups excluding carboxylic acids is 3. The number of likely N-dealkylation sites (N-methyl/N-ethyl adjacent to an activating group) is 3. The highest BCUT2D eigenvalue weighted by atomic mass is 16.2. The third-order valence-electron chi connectivity index (χ3n) is 4.53. The quantitative estimate of drug-likeness (QED) is 0.354. The zero-order valence-corrected chi connectivity index (χ0v) is 17.9. The molecule has 0 spiro atoms. The first-order valence-corrected chi connectivity index (χ1v) is 9.92. The fraction of sp³-hybridized carbons (Fsp3) is 0.842. The maximum Gasteiger partial charge on any atom is 0.236 e. The average molecular weight is 380 g/mol. The maximum absolute atomic E-state index is 12.2. The van der Waals surface area contributed by atoms with Crippen LogP contribution in [0.3, 0.4) is 0 Å². The molecular weight excluding hydrogens is 343 g/mol. The number of ketones is 1. The van der Waals surface area contributed by atoms with Crippen molar-refractivity contribution in [3.8, 4) is 0 Å². The zero-order valence-electron chi connectivity index (χ0n) is 17.9. The Hall–Kier alpha value is -1.25. The van der Waals surface area contributed by atoms with Gasteiger partial charge in [0, 0.05) is 46.3 Å². The van der Waals surface area contributed by atoms with E-state index in [9.17, 15) is 14.4 Å². The van der Waals surface area contributed by atoms with Crippen molar-refractivity contribution in [1.82, 2.24) is 19.6 Å². The van der Waals surface area contributed by atoms with E-state index in [1.165, 1.54) is 0 Å². The topological polar surface area (TPSA) is 64.2 Å². The van der Waals surface area contributed by atoms with Gasteiger partial charge in [-0.1, -0.05) is 20.8 Å². The fourth-order valence-corrected chi connectivity index (χ4v) is 2.84. The normalized spacial score (nSPS) is 11.4. The molecule has 154 valence electrons. The minimum Gasteiger partial charge on any atom is -0.345 e. The van der Waals surface area contributed by atoms with E-state index in [2.05, 4.69) is 16.7 Å². The molecule has 0 rings (SSSR count). The molecule has 0 bridgehead atoms. The van der Waals surface area contributed by atoms with Crippen molar-refractivity contribution < 1.29 is 14.4 Å². The summed E-state index contributed by atoms with van der Waals surface area (Å²) in [5, 5.41) is 0. The Balaban J connectivity index is 4.61. The fourth-order valence-electron chi connectivity index (χ4n) is 2.84. The standard InChI is InChI=1S/C19H37BN4O3/c1-6-9-21(5)19(27)16-23(8-3)11-13-24(14-17(4)25)12-10-22(7-2)15-18(20)26/h6-16H2,1-5H3. The first-order valence-electron chi connectivity index (χ1n) is 9.92. The molecule has 0 aliphatic heterocycles. The molecule has 1 amide bonds. The Morgan fingerprint density at radius 3 is 1.63 bits per heavy atom. The smallest absolute Gasteiger partial charge is 0.236 e. The molecule has 0 aliphatic carbocycles. The van der Waals surface area contributed by atoms with Crippen LogP contribution in [-0.2, 0) is 14.4 Å². The molecule has 2 radical (unpaired) electrons. The summed E-state index contributed by atoms with van der Waals surface area (Å²) in [6, 6.07) is 0. The summed E-state index contributed by atoms with van der Waals surface area (Å²) in [4.78, 5) is 42.9. The second-order valence-corrected chi connectivity index (χ2v) is 7.00. The highest BCUT2D eigenvalue weighted by molar-refractivity contribution is 6.58. The Bertz CT molecular complexity index is 462. The lowest BCUT2D eigenvalue weighted by Crippen LogP contribution is -2.45. The van der Waals surface area contributed by atoms with Crippen molar-refractivity contribution in [2.75, 3.05) is 72.5 Å². The van der Waals surface area contributed by atoms with Crippen LogP contribution in [0.15, 0.2) is 0 Å². The van der Waals surface area contributed by atoms with E-state index in [4.69, 9.17) is 7.85 Å². The van der Waals surface area contributed by atoms with E-state index < -0.39 is 0 Å². The first kappa shape index (κ1) is 25.8. The minimum atomic E-state index is -0.346. The minimum absolute atomic E-state index is 0.106. The second-order valence-electron chi connectivity index (χ2n) is 7.00. The molecule has 0 aromatic heterocycles. The van der Waals surface area contributed by atoms with Crippen molar-refractivity contribution >= 4 is 25.2 Å². The van der Waals surface area contributed by atoms with Crippen LogP contribution in [0.2, 0.25) is 0 Å². The number of nitrogens with zero attached hydrogens (tertiary/aromatic N) is 4. The van der Waals surface area contributed by atoms with Gasteiger partial charge in [-0.3, -0.25) is 24.3 Å². The molecule has 0 N–H and O–H groups in total. The highest BCUT2D eigenvalue weighted by Crippen LogP contribution is 1.98. The summed E-state index contributed by atoms with van der Waals surface area (Å²) < 4.78 is 0. The Kier molecular flexibility index (Phi) is 14.1. The highest BCUT2D eigenvalue weighted by Gasteiger charge is 2.16. The summed E-state index contributed by atoms with van der Waals surface area (Å²) in [5.74, 6) is 0.227. The molecule has 8 heteroatoms. The Morgan fingerprint density at radius 2 is 1.22 bits per heavy atom. The Morgan fingerprint density at radius 1 is 0.741 bits per heavy atom. The average Bonchev–Trinajstić information content (AvgIpc) is 2.60. The van der Waals surface area contributed by atoms with Crippen LogP contribution >= 0.6 is 0 Å². The predicted octanol–water partition coefficient (Wildman–Crippen LogP) is 0.0847. The molecule has 0 aromatic rings. The summed E-state index contributed by atoms with van der Waals surface area (Å²) >= 11 is 0. The van der Waals surface area contributed by atoms with E-state index in [0.29, 0.717) is 32.7 Å². The van der Waals surface area contributed by atoms with Gasteiger partial charge in [0.2, 0.25) is 5.91 Å². The molecule has 0 saturated carbocycles. The summed E-state index contributed by atoms with van der Waals surface area (Å²) in [7, 11) is 7.11. The molecule has 0 aliphatic rings. The monoisotopic (exact) mass is 380 g/mol. The van der Waals surface area contributed by atoms with Gasteiger partial charge in [0.15, 0.2) is 7.85 Å². The number of hydrogen-bond acceptors (Lipinski definition) is 6. The largest absolute Gasteiger partial charge is 0.345 e. The van der Waals surface area contributed by atoms with Gasteiger partial charge in [-0.15, -0.1) is 0 Å². The molecule has 0 aromatic carbocycles. The lowest BCUT2D eigenvalue weighted by atomic mass is 10.0. The number of carbonyl (C=O) groups is 3. The van der Waals surface area contributed by atoms with Gasteiger partial charge < -0.3 is 9.69 Å². The van der Waals surface area contributed by atoms with E-state index >= 15 is 0 Å². The van der Waals surface area contributed by atoms with Gasteiger partial charge in [-0.05, 0) is 26.4 Å². The lowest BCUT2D eigenvalue weighted by molar-refractivity contribution is -0.131. The first-order chi connectivity index (χ1) is 12.7. The number of hydrogen-bond donors (Lipinski definition) is 0. The van der Waals surface area contributed by atoms with E-state index in [1.54, 1.807) is 11.8 Å². The zero-order chi connectivity index (χ0) is 20.8. The van der Waals surface area contributed by atoms with E-state index in [1.807, 2.05) is 25.8 Å². The van der Waals surface area contributed by atoms with Crippen molar-refractivity contribution in [2.45, 2.75) is 34.1 Å². The molecule has 0 atom stereocenters. The van der Waals surface area contributed by atoms with E-state index in [0.717, 1.165) is 32.6 Å². The van der Waals surface area contributed by atoms with Crippen LogP contribution in [0.5, 0.6) is 0 Å². The second kappa shape index (κ2) is 14.8. The summed E-state index contributed by atoms with van der Waals surface area (Å²) in [5.41, 5.74) is -0.346. The van der Waals surface area contributed by atoms with Crippen LogP contribution in [0.4, 0.5) is 0 Å². The molecule has 27 heavy (non-hydrogen) atoms. The number of amides is 1. The number of rotatable bonds is 16. The van der Waals surface area contributed by atoms with Gasteiger partial charge >= 0.3 is 0 Å². The van der Waals surface area contributed by atoms with Crippen LogP contribution in [0, 0.1) is 0 Å². The van der Waals surface area contributed by atoms with Gasteiger partial charge in [0.05, 0.1) is 18.8 Å². The van der Waals surface area contributed by atoms with Crippen LogP contribution < -0.4 is 0 Å². The Labute approximate surface area is 166 Å². The predicted molar refractivity (Wildman–Crippen MR) is 110 cm³/mol. The summed E-state index contributed by atoms with van der Waals surface area (Å²) in [6.45, 7) is 13.7. The third-order valence-corrected chi connectivity index (χ3v) is 4.53. The van der Waals surface area contributed by atoms with Crippen molar-refractivity contribution in [2.24, 2.45) is 0 Å². The van der Waals surface area contributed by atoms with Gasteiger partial charge in [0.1, 0.15) is 5.78 Å². The molecular formula is C19H37BN4O3. The van der Waals surface area contributed by atoms with Crippen LogP contribution in [0.25, 0.3) is 0 Å². The lowest BCUT2D eigenvalue weighted by Gasteiger charge is -2.29. The van der Waals surface area contributed by atoms with Crippen molar-refractivity contribution in [1.29, 1.82) is 0 Å². The van der Waals surface area contributed by atoms with Crippen LogP contribution in [-0.4, -0.2) is 117 Å². The van der Waals surface area contributed by atoms with E-state index in [-0.39, 0.29) is 23.9 Å². The maximum atomic E-state index is 12.2. The van der Waals surface area contributed by atoms with Gasteiger partial charge in [-0.25, -0.2) is 0 Å². The molecule has 0 saturated heterocycles.